The Bertz CT molecular complexity index is 1670. The number of rotatable bonds is 6. The normalized spacial score (nSPS) is 18.4. The van der Waals surface area contributed by atoms with E-state index in [4.69, 9.17) is 12.2 Å². The summed E-state index contributed by atoms with van der Waals surface area (Å²) >= 11 is 11.0. The Morgan fingerprint density at radius 3 is 2.37 bits per heavy atom. The predicted molar refractivity (Wildman–Crippen MR) is 163 cm³/mol. The number of fused-ring (bicyclic) bond motifs is 1. The molecule has 0 radical (unpaired) electrons. The molecule has 1 fully saturated rings. The van der Waals surface area contributed by atoms with Gasteiger partial charge in [-0.1, -0.05) is 59.2 Å². The maximum absolute atomic E-state index is 13.3. The molecule has 0 saturated carbocycles. The number of thiocarbonyl (C=S) groups is 1. The molecule has 2 aromatic heterocycles. The number of benzene rings is 1. The second-order valence-corrected chi connectivity index (χ2v) is 13.2. The van der Waals surface area contributed by atoms with Gasteiger partial charge in [0.1, 0.15) is 18.8 Å². The highest BCUT2D eigenvalue weighted by molar-refractivity contribution is 8.30. The van der Waals surface area contributed by atoms with Gasteiger partial charge < -0.3 is 10.0 Å². The van der Waals surface area contributed by atoms with E-state index in [1.165, 1.54) is 45.0 Å². The molecule has 198 valence electrons. The molecule has 12 heteroatoms. The van der Waals surface area contributed by atoms with E-state index in [2.05, 4.69) is 30.0 Å². The van der Waals surface area contributed by atoms with Gasteiger partial charge in [0.25, 0.3) is 16.5 Å². The summed E-state index contributed by atoms with van der Waals surface area (Å²) in [5, 5.41) is 13.1. The van der Waals surface area contributed by atoms with E-state index in [0.29, 0.717) is 42.9 Å². The fourth-order valence-electron chi connectivity index (χ4n) is 4.44. The van der Waals surface area contributed by atoms with Gasteiger partial charge in [0.2, 0.25) is 0 Å². The highest BCUT2D eigenvalue weighted by Crippen LogP contribution is 2.46. The van der Waals surface area contributed by atoms with Gasteiger partial charge in [-0.3, -0.25) is 19.1 Å². The second-order valence-electron chi connectivity index (χ2n) is 8.38. The molecule has 0 atom stereocenters. The molecule has 1 aromatic carbocycles. The third-order valence-corrected chi connectivity index (χ3v) is 11.2. The van der Waals surface area contributed by atoms with Crippen LogP contribution in [0, 0.1) is 0 Å². The summed E-state index contributed by atoms with van der Waals surface area (Å²) in [5.41, 5.74) is 1.01. The third-order valence-electron chi connectivity index (χ3n) is 6.32. The maximum atomic E-state index is 13.3. The van der Waals surface area contributed by atoms with Crippen molar-refractivity contribution in [3.63, 3.8) is 0 Å². The lowest BCUT2D eigenvalue weighted by molar-refractivity contribution is -0.696. The number of aromatic nitrogens is 2. The zero-order valence-electron chi connectivity index (χ0n) is 21.4. The van der Waals surface area contributed by atoms with Crippen LogP contribution in [0.3, 0.4) is 0 Å². The molecule has 0 aliphatic carbocycles. The molecular weight excluding hydrogens is 577 g/mol. The van der Waals surface area contributed by atoms with E-state index in [1.54, 1.807) is 27.3 Å². The molecule has 1 saturated heterocycles. The number of aromatic hydroxyl groups is 1. The first-order valence-corrected chi connectivity index (χ1v) is 16.0. The summed E-state index contributed by atoms with van der Waals surface area (Å²) in [6.07, 6.45) is 3.85. The first-order chi connectivity index (χ1) is 18.3. The van der Waals surface area contributed by atoms with E-state index in [-0.39, 0.29) is 17.3 Å². The van der Waals surface area contributed by atoms with Crippen molar-refractivity contribution >= 4 is 91.4 Å². The lowest BCUT2D eigenvalue weighted by Gasteiger charge is -2.17. The van der Waals surface area contributed by atoms with Crippen LogP contribution in [-0.2, 0) is 17.9 Å². The van der Waals surface area contributed by atoms with Crippen molar-refractivity contribution < 1.29 is 14.5 Å². The minimum absolute atomic E-state index is 0.127. The molecule has 0 bridgehead atoms. The van der Waals surface area contributed by atoms with Crippen LogP contribution in [0.25, 0.3) is 17.1 Å². The monoisotopic (exact) mass is 603 g/mol. The lowest BCUT2D eigenvalue weighted by atomic mass is 10.3. The van der Waals surface area contributed by atoms with Crippen LogP contribution in [0.4, 0.5) is 5.69 Å². The molecule has 3 aromatic rings. The number of anilines is 1. The van der Waals surface area contributed by atoms with Gasteiger partial charge in [0.05, 0.1) is 21.3 Å². The topological polar surface area (TPSA) is 69.7 Å². The number of amides is 1. The number of carbonyl (C=O) groups is 1. The molecule has 7 nitrogen and oxygen atoms in total. The predicted octanol–water partition coefficient (Wildman–Crippen LogP) is 3.75. The number of hydrogen-bond acceptors (Lipinski definition) is 9. The average Bonchev–Trinajstić information content (AvgIpc) is 3.60. The van der Waals surface area contributed by atoms with Gasteiger partial charge >= 0.3 is 5.88 Å². The standard InChI is InChI=1S/C26H26N4O3S5/c1-5-27-15-11-9-10-12-16(15)35-19(27)14-20-28(6-2)22(31)17(36-20)13-18-23(32)29(7-3)25(37-18)21-24(33)30(8-4)26(34)38-21/h9-14H,5-8H2,1-4H3/p+1. The van der Waals surface area contributed by atoms with E-state index in [1.807, 2.05) is 37.5 Å². The zero-order valence-corrected chi connectivity index (χ0v) is 25.5. The molecule has 2 aliphatic heterocycles. The van der Waals surface area contributed by atoms with Crippen LogP contribution in [0.15, 0.2) is 39.0 Å². The first kappa shape index (κ1) is 27.2. The quantitative estimate of drug-likeness (QED) is 0.340. The second kappa shape index (κ2) is 11.0. The van der Waals surface area contributed by atoms with E-state index in [0.717, 1.165) is 16.6 Å². The number of carbonyl (C=O) groups excluding carboxylic acids is 1. The highest BCUT2D eigenvalue weighted by atomic mass is 32.2. The fourth-order valence-corrected chi connectivity index (χ4v) is 9.54. The summed E-state index contributed by atoms with van der Waals surface area (Å²) < 4.78 is 5.06. The van der Waals surface area contributed by atoms with E-state index < -0.39 is 0 Å². The largest absolute Gasteiger partial charge is 0.459 e. The number of nitrogens with zero attached hydrogens (tertiary/aromatic N) is 4. The third kappa shape index (κ3) is 4.56. The Hall–Kier alpha value is -2.38. The van der Waals surface area contributed by atoms with Crippen LogP contribution in [0.2, 0.25) is 0 Å². The van der Waals surface area contributed by atoms with Crippen molar-refractivity contribution in [2.75, 3.05) is 18.0 Å². The molecular formula is C26H27N4O3S5+. The molecule has 5 rings (SSSR count). The van der Waals surface area contributed by atoms with Crippen LogP contribution < -0.4 is 24.2 Å². The molecule has 2 aliphatic rings. The number of hydrogen-bond donors (Lipinski definition) is 1. The van der Waals surface area contributed by atoms with Gasteiger partial charge in [-0.15, -0.1) is 11.3 Å². The lowest BCUT2D eigenvalue weighted by Crippen LogP contribution is -2.33. The van der Waals surface area contributed by atoms with Crippen LogP contribution in [-0.4, -0.2) is 37.9 Å². The van der Waals surface area contributed by atoms with Crippen molar-refractivity contribution in [3.05, 3.63) is 58.7 Å². The van der Waals surface area contributed by atoms with Crippen molar-refractivity contribution in [2.45, 2.75) is 45.7 Å². The Balaban J connectivity index is 1.62. The van der Waals surface area contributed by atoms with Crippen LogP contribution >= 0.6 is 58.4 Å². The van der Waals surface area contributed by atoms with E-state index >= 15 is 0 Å². The minimum atomic E-state index is -0.177. The summed E-state index contributed by atoms with van der Waals surface area (Å²) in [4.78, 5) is 32.4. The minimum Gasteiger partial charge on any atom is -0.459 e. The maximum Gasteiger partial charge on any atom is 0.384 e. The van der Waals surface area contributed by atoms with Gasteiger partial charge in [-0.2, -0.15) is 4.57 Å². The van der Waals surface area contributed by atoms with Gasteiger partial charge in [-0.25, -0.2) is 0 Å². The summed E-state index contributed by atoms with van der Waals surface area (Å²) in [6.45, 7) is 10.2. The first-order valence-electron chi connectivity index (χ1n) is 12.3. The fraction of sp³-hybridized carbons (Fsp3) is 0.308. The summed E-state index contributed by atoms with van der Waals surface area (Å²) in [6, 6.07) is 8.33. The molecule has 0 spiro atoms. The molecule has 1 N–H and O–H groups in total. The Kier molecular flexibility index (Phi) is 7.88. The van der Waals surface area contributed by atoms with Gasteiger partial charge in [0.15, 0.2) is 6.54 Å². The van der Waals surface area contributed by atoms with Gasteiger partial charge in [-0.05, 0) is 45.9 Å². The van der Waals surface area contributed by atoms with Crippen molar-refractivity contribution in [3.8, 4) is 5.88 Å². The van der Waals surface area contributed by atoms with Crippen molar-refractivity contribution in [1.82, 2.24) is 9.47 Å². The van der Waals surface area contributed by atoms with E-state index in [9.17, 15) is 14.7 Å². The van der Waals surface area contributed by atoms with Gasteiger partial charge in [0, 0.05) is 24.5 Å². The summed E-state index contributed by atoms with van der Waals surface area (Å²) in [7, 11) is 0. The molecule has 38 heavy (non-hydrogen) atoms. The number of para-hydroxylation sites is 1. The Morgan fingerprint density at radius 2 is 1.71 bits per heavy atom. The molecule has 4 heterocycles. The van der Waals surface area contributed by atoms with Crippen molar-refractivity contribution in [1.29, 1.82) is 0 Å². The molecule has 1 amide bonds. The zero-order chi connectivity index (χ0) is 27.1. The van der Waals surface area contributed by atoms with Crippen LogP contribution in [0.5, 0.6) is 5.88 Å². The number of thioether (sulfide) groups is 2. The average molecular weight is 604 g/mol. The smallest absolute Gasteiger partial charge is 0.384 e. The van der Waals surface area contributed by atoms with Crippen molar-refractivity contribution in [2.24, 2.45) is 0 Å². The van der Waals surface area contributed by atoms with Crippen LogP contribution in [0.1, 0.15) is 37.6 Å². The summed E-state index contributed by atoms with van der Waals surface area (Å²) in [5.74, 6) is -0.0349. The Labute approximate surface area is 242 Å². The SMILES string of the molecule is CCN1C(=O)C(=c2s/c(=C/c3sc(C=C4Sc5ccccc5N4CC)[n+](CC)c3O)c(=O)n2CC)SC1=S. The highest BCUT2D eigenvalue weighted by Gasteiger charge is 2.33. The number of thiazole rings is 2. The Morgan fingerprint density at radius 1 is 0.974 bits per heavy atom. The molecule has 0 unspecified atom stereocenters.